The van der Waals surface area contributed by atoms with Gasteiger partial charge in [-0.2, -0.15) is 0 Å². The monoisotopic (exact) mass is 404 g/mol. The van der Waals surface area contributed by atoms with E-state index in [1.54, 1.807) is 50.5 Å². The first kappa shape index (κ1) is 19.5. The lowest BCUT2D eigenvalue weighted by atomic mass is 10.0. The third-order valence-corrected chi connectivity index (χ3v) is 4.69. The van der Waals surface area contributed by atoms with Crippen LogP contribution in [0.2, 0.25) is 0 Å². The minimum absolute atomic E-state index is 0.0172. The maximum Gasteiger partial charge on any atom is 0.326 e. The highest BCUT2D eigenvalue weighted by Crippen LogP contribution is 2.30. The van der Waals surface area contributed by atoms with Gasteiger partial charge >= 0.3 is 5.97 Å². The Bertz CT molecular complexity index is 1210. The number of H-pyrrole nitrogens is 1. The van der Waals surface area contributed by atoms with Crippen molar-refractivity contribution in [1.29, 1.82) is 0 Å². The summed E-state index contributed by atoms with van der Waals surface area (Å²) in [6, 6.07) is 7.26. The lowest BCUT2D eigenvalue weighted by molar-refractivity contribution is -0.147. The van der Waals surface area contributed by atoms with Crippen LogP contribution in [-0.2, 0) is 19.1 Å². The molecule has 0 saturated carbocycles. The fourth-order valence-corrected chi connectivity index (χ4v) is 3.25. The molecule has 0 spiro atoms. The van der Waals surface area contributed by atoms with E-state index in [-0.39, 0.29) is 18.3 Å². The van der Waals surface area contributed by atoms with Gasteiger partial charge in [-0.05, 0) is 51.1 Å². The number of allylic oxidation sites excluding steroid dienone is 1. The highest BCUT2D eigenvalue weighted by atomic mass is 16.5. The van der Waals surface area contributed by atoms with Crippen LogP contribution in [0.1, 0.15) is 23.9 Å². The summed E-state index contributed by atoms with van der Waals surface area (Å²) in [6.45, 7) is 5.50. The van der Waals surface area contributed by atoms with E-state index in [9.17, 15) is 9.59 Å². The molecule has 1 saturated heterocycles. The summed E-state index contributed by atoms with van der Waals surface area (Å²) in [7, 11) is 0. The Labute approximate surface area is 172 Å². The Morgan fingerprint density at radius 2 is 2.17 bits per heavy atom. The Morgan fingerprint density at radius 3 is 2.93 bits per heavy atom. The standard InChI is InChI=1S/C22H20N4O4/c1-4-29-22(28)18-19(27)17(10-14-11-24-20-15(14)6-5-9-23-20)30-21(18)26-16-8-7-12(2)25-13(16)3/h5-11,18H,4H2,1-3H3,(H,23,24)/b17-10-,26-21?. The van der Waals surface area contributed by atoms with Crippen LogP contribution in [0.4, 0.5) is 5.69 Å². The van der Waals surface area contributed by atoms with Crippen LogP contribution >= 0.6 is 0 Å². The molecule has 0 aliphatic carbocycles. The number of aromatic amines is 1. The molecule has 4 rings (SSSR count). The maximum absolute atomic E-state index is 13.0. The number of aromatic nitrogens is 3. The Balaban J connectivity index is 1.76. The number of Topliss-reactive ketones (excluding diaryl/α,β-unsaturated/α-hetero) is 1. The Morgan fingerprint density at radius 1 is 1.33 bits per heavy atom. The smallest absolute Gasteiger partial charge is 0.326 e. The second-order valence-electron chi connectivity index (χ2n) is 6.81. The van der Waals surface area contributed by atoms with Crippen molar-refractivity contribution in [2.45, 2.75) is 20.8 Å². The topological polar surface area (TPSA) is 107 Å². The van der Waals surface area contributed by atoms with Gasteiger partial charge in [0.2, 0.25) is 11.7 Å². The average Bonchev–Trinajstić information content (AvgIpc) is 3.26. The SMILES string of the molecule is CCOC(=O)C1C(=O)/C(=C/c2c[nH]c3ncccc23)OC1=Nc1ccc(C)nc1C. The zero-order chi connectivity index (χ0) is 21.3. The lowest BCUT2D eigenvalue weighted by Crippen LogP contribution is -2.27. The number of carbonyl (C=O) groups is 2. The molecule has 1 aliphatic heterocycles. The summed E-state index contributed by atoms with van der Waals surface area (Å²) < 4.78 is 10.9. The number of ether oxygens (including phenoxy) is 2. The van der Waals surface area contributed by atoms with Gasteiger partial charge in [0.15, 0.2) is 11.7 Å². The summed E-state index contributed by atoms with van der Waals surface area (Å²) >= 11 is 0. The first-order chi connectivity index (χ1) is 14.5. The Hall–Kier alpha value is -3.81. The molecule has 4 heterocycles. The van der Waals surface area contributed by atoms with Crippen molar-refractivity contribution in [3.8, 4) is 0 Å². The van der Waals surface area contributed by atoms with E-state index in [1.807, 2.05) is 13.0 Å². The first-order valence-electron chi connectivity index (χ1n) is 9.53. The number of hydrogen-bond donors (Lipinski definition) is 1. The fourth-order valence-electron chi connectivity index (χ4n) is 3.25. The molecular formula is C22H20N4O4. The summed E-state index contributed by atoms with van der Waals surface area (Å²) in [6.07, 6.45) is 4.98. The second kappa shape index (κ2) is 7.90. The molecule has 0 amide bonds. The summed E-state index contributed by atoms with van der Waals surface area (Å²) in [4.78, 5) is 41.6. The molecule has 8 heteroatoms. The molecule has 0 radical (unpaired) electrons. The van der Waals surface area contributed by atoms with E-state index >= 15 is 0 Å². The van der Waals surface area contributed by atoms with Gasteiger partial charge in [-0.1, -0.05) is 0 Å². The van der Waals surface area contributed by atoms with Crippen molar-refractivity contribution in [3.63, 3.8) is 0 Å². The zero-order valence-electron chi connectivity index (χ0n) is 16.8. The molecule has 1 atom stereocenters. The minimum atomic E-state index is -1.25. The number of aliphatic imine (C=N–C) groups is 1. The van der Waals surface area contributed by atoms with E-state index < -0.39 is 17.7 Å². The molecule has 3 aromatic rings. The van der Waals surface area contributed by atoms with Crippen LogP contribution in [0.25, 0.3) is 17.1 Å². The van der Waals surface area contributed by atoms with E-state index in [2.05, 4.69) is 19.9 Å². The van der Waals surface area contributed by atoms with Gasteiger partial charge in [0.25, 0.3) is 0 Å². The van der Waals surface area contributed by atoms with Crippen LogP contribution < -0.4 is 0 Å². The number of carbonyl (C=O) groups excluding carboxylic acids is 2. The molecule has 1 N–H and O–H groups in total. The minimum Gasteiger partial charge on any atom is -0.465 e. The molecule has 3 aromatic heterocycles. The van der Waals surface area contributed by atoms with Crippen molar-refractivity contribution in [2.24, 2.45) is 10.9 Å². The van der Waals surface area contributed by atoms with E-state index in [0.717, 1.165) is 16.6 Å². The molecule has 152 valence electrons. The number of esters is 1. The lowest BCUT2D eigenvalue weighted by Gasteiger charge is -2.07. The fraction of sp³-hybridized carbons (Fsp3) is 0.227. The molecule has 1 aliphatic rings. The van der Waals surface area contributed by atoms with Crippen LogP contribution in [0.15, 0.2) is 47.4 Å². The number of aryl methyl sites for hydroxylation is 2. The van der Waals surface area contributed by atoms with Crippen LogP contribution in [0, 0.1) is 19.8 Å². The summed E-state index contributed by atoms with van der Waals surface area (Å²) in [5.74, 6) is -2.43. The van der Waals surface area contributed by atoms with Gasteiger partial charge in [0.1, 0.15) is 5.65 Å². The molecule has 0 bridgehead atoms. The number of nitrogens with zero attached hydrogens (tertiary/aromatic N) is 3. The van der Waals surface area contributed by atoms with E-state index in [4.69, 9.17) is 9.47 Å². The zero-order valence-corrected chi connectivity index (χ0v) is 16.8. The summed E-state index contributed by atoms with van der Waals surface area (Å²) in [5, 5.41) is 0.832. The van der Waals surface area contributed by atoms with Crippen molar-refractivity contribution < 1.29 is 19.1 Å². The van der Waals surface area contributed by atoms with E-state index in [1.165, 1.54) is 0 Å². The number of pyridine rings is 2. The highest BCUT2D eigenvalue weighted by Gasteiger charge is 2.44. The average molecular weight is 404 g/mol. The number of fused-ring (bicyclic) bond motifs is 1. The number of rotatable bonds is 4. The van der Waals surface area contributed by atoms with Crippen LogP contribution in [0.5, 0.6) is 0 Å². The first-order valence-corrected chi connectivity index (χ1v) is 9.53. The third-order valence-electron chi connectivity index (χ3n) is 4.69. The molecule has 8 nitrogen and oxygen atoms in total. The largest absolute Gasteiger partial charge is 0.465 e. The van der Waals surface area contributed by atoms with Crippen LogP contribution in [-0.4, -0.2) is 39.2 Å². The number of hydrogen-bond acceptors (Lipinski definition) is 7. The molecular weight excluding hydrogens is 384 g/mol. The molecule has 1 fully saturated rings. The molecule has 1 unspecified atom stereocenters. The second-order valence-corrected chi connectivity index (χ2v) is 6.81. The predicted octanol–water partition coefficient (Wildman–Crippen LogP) is 3.42. The quantitative estimate of drug-likeness (QED) is 0.406. The molecule has 0 aromatic carbocycles. The number of nitrogens with one attached hydrogen (secondary N) is 1. The van der Waals surface area contributed by atoms with Gasteiger partial charge in [-0.25, -0.2) is 9.98 Å². The van der Waals surface area contributed by atoms with Gasteiger partial charge in [-0.15, -0.1) is 0 Å². The van der Waals surface area contributed by atoms with Crippen LogP contribution in [0.3, 0.4) is 0 Å². The highest BCUT2D eigenvalue weighted by molar-refractivity contribution is 6.27. The normalized spacial score (nSPS) is 18.9. The van der Waals surface area contributed by atoms with Gasteiger partial charge in [-0.3, -0.25) is 14.6 Å². The predicted molar refractivity (Wildman–Crippen MR) is 111 cm³/mol. The van der Waals surface area contributed by atoms with Crippen molar-refractivity contribution in [3.05, 3.63) is 59.4 Å². The van der Waals surface area contributed by atoms with E-state index in [0.29, 0.717) is 17.0 Å². The van der Waals surface area contributed by atoms with Gasteiger partial charge in [0, 0.05) is 29.0 Å². The van der Waals surface area contributed by atoms with Crippen molar-refractivity contribution >= 4 is 40.4 Å². The molecule has 30 heavy (non-hydrogen) atoms. The summed E-state index contributed by atoms with van der Waals surface area (Å²) in [5.41, 5.74) is 3.44. The third kappa shape index (κ3) is 3.59. The van der Waals surface area contributed by atoms with Crippen molar-refractivity contribution in [2.75, 3.05) is 6.61 Å². The van der Waals surface area contributed by atoms with Gasteiger partial charge < -0.3 is 14.5 Å². The van der Waals surface area contributed by atoms with Gasteiger partial charge in [0.05, 0.1) is 18.0 Å². The maximum atomic E-state index is 13.0. The number of ketones is 1. The Kier molecular flexibility index (Phi) is 5.14. The van der Waals surface area contributed by atoms with Crippen molar-refractivity contribution in [1.82, 2.24) is 15.0 Å².